The number of halogens is 1. The molecule has 0 amide bonds. The Morgan fingerprint density at radius 2 is 1.95 bits per heavy atom. The second-order valence-electron chi connectivity index (χ2n) is 4.53. The highest BCUT2D eigenvalue weighted by Gasteiger charge is 2.16. The second-order valence-corrected chi connectivity index (χ2v) is 5.44. The van der Waals surface area contributed by atoms with Crippen LogP contribution in [-0.2, 0) is 6.61 Å². The minimum atomic E-state index is -0.375. The first-order chi connectivity index (χ1) is 9.49. The number of aryl methyl sites for hydroxylation is 2. The fraction of sp³-hybridized carbons (Fsp3) is 0.200. The van der Waals surface area contributed by atoms with Crippen molar-refractivity contribution in [2.24, 2.45) is 0 Å². The molecule has 0 atom stereocenters. The van der Waals surface area contributed by atoms with Crippen LogP contribution in [-0.4, -0.2) is 4.92 Å². The fourth-order valence-corrected chi connectivity index (χ4v) is 2.45. The molecule has 0 saturated carbocycles. The van der Waals surface area contributed by atoms with E-state index in [2.05, 4.69) is 15.9 Å². The Labute approximate surface area is 125 Å². The van der Waals surface area contributed by atoms with Gasteiger partial charge in [-0.1, -0.05) is 28.1 Å². The summed E-state index contributed by atoms with van der Waals surface area (Å²) in [4.78, 5) is 10.7. The summed E-state index contributed by atoms with van der Waals surface area (Å²) in [5.74, 6) is 0.728. The van der Waals surface area contributed by atoms with E-state index in [1.807, 2.05) is 38.1 Å². The molecule has 0 bridgehead atoms. The molecule has 104 valence electrons. The molecule has 0 radical (unpaired) electrons. The first-order valence-electron chi connectivity index (χ1n) is 6.11. The molecule has 5 heteroatoms. The van der Waals surface area contributed by atoms with E-state index >= 15 is 0 Å². The number of rotatable bonds is 4. The van der Waals surface area contributed by atoms with Gasteiger partial charge in [-0.3, -0.25) is 10.1 Å². The van der Waals surface area contributed by atoms with Gasteiger partial charge in [0.1, 0.15) is 12.4 Å². The van der Waals surface area contributed by atoms with Crippen LogP contribution in [0.25, 0.3) is 0 Å². The Hall–Kier alpha value is -1.88. The zero-order chi connectivity index (χ0) is 14.7. The Kier molecular flexibility index (Phi) is 4.39. The van der Waals surface area contributed by atoms with Crippen molar-refractivity contribution in [3.8, 4) is 5.75 Å². The van der Waals surface area contributed by atoms with Crippen LogP contribution in [0.5, 0.6) is 5.75 Å². The van der Waals surface area contributed by atoms with Gasteiger partial charge in [0.2, 0.25) is 0 Å². The van der Waals surface area contributed by atoms with Gasteiger partial charge < -0.3 is 4.74 Å². The number of benzene rings is 2. The molecule has 4 nitrogen and oxygen atoms in total. The van der Waals surface area contributed by atoms with Gasteiger partial charge in [0.15, 0.2) is 0 Å². The largest absolute Gasteiger partial charge is 0.488 e. The summed E-state index contributed by atoms with van der Waals surface area (Å²) >= 11 is 3.39. The van der Waals surface area contributed by atoms with Crippen LogP contribution in [0.15, 0.2) is 40.9 Å². The Morgan fingerprint density at radius 1 is 1.20 bits per heavy atom. The molecule has 0 aliphatic heterocycles. The van der Waals surface area contributed by atoms with Gasteiger partial charge in [-0.15, -0.1) is 0 Å². The molecule has 0 saturated heterocycles. The van der Waals surface area contributed by atoms with E-state index in [1.165, 1.54) is 6.07 Å². The summed E-state index contributed by atoms with van der Waals surface area (Å²) in [5.41, 5.74) is 2.55. The lowest BCUT2D eigenvalue weighted by Gasteiger charge is -2.11. The number of nitro benzene ring substituents is 1. The first kappa shape index (κ1) is 14.5. The summed E-state index contributed by atoms with van der Waals surface area (Å²) in [6.45, 7) is 3.97. The monoisotopic (exact) mass is 335 g/mol. The zero-order valence-electron chi connectivity index (χ0n) is 11.2. The van der Waals surface area contributed by atoms with Crippen LogP contribution in [0.1, 0.15) is 16.7 Å². The third-order valence-electron chi connectivity index (χ3n) is 3.09. The molecule has 0 N–H and O–H groups in total. The molecule has 2 aromatic rings. The summed E-state index contributed by atoms with van der Waals surface area (Å²) in [5, 5.41) is 11.0. The van der Waals surface area contributed by atoms with Gasteiger partial charge >= 0.3 is 0 Å². The highest BCUT2D eigenvalue weighted by molar-refractivity contribution is 9.10. The molecule has 0 heterocycles. The molecular weight excluding hydrogens is 322 g/mol. The van der Waals surface area contributed by atoms with Crippen LogP contribution in [0.3, 0.4) is 0 Å². The van der Waals surface area contributed by atoms with Crippen molar-refractivity contribution in [3.63, 3.8) is 0 Å². The minimum absolute atomic E-state index is 0.0970. The van der Waals surface area contributed by atoms with E-state index in [1.54, 1.807) is 6.07 Å². The molecule has 0 fully saturated rings. The Bertz CT molecular complexity index is 656. The third kappa shape index (κ3) is 3.17. The standard InChI is InChI=1S/C15H14BrNO3/c1-10-4-3-5-14(17(18)19)13(10)9-20-15-7-6-12(16)8-11(15)2/h3-8H,9H2,1-2H3. The van der Waals surface area contributed by atoms with Crippen molar-refractivity contribution in [2.75, 3.05) is 0 Å². The predicted molar refractivity (Wildman–Crippen MR) is 81.0 cm³/mol. The van der Waals surface area contributed by atoms with Crippen molar-refractivity contribution >= 4 is 21.6 Å². The molecule has 0 unspecified atom stereocenters. The van der Waals surface area contributed by atoms with Crippen LogP contribution in [0.4, 0.5) is 5.69 Å². The molecule has 0 aliphatic rings. The lowest BCUT2D eigenvalue weighted by Crippen LogP contribution is -2.03. The smallest absolute Gasteiger partial charge is 0.276 e. The van der Waals surface area contributed by atoms with Crippen molar-refractivity contribution in [3.05, 3.63) is 67.7 Å². The van der Waals surface area contributed by atoms with E-state index in [-0.39, 0.29) is 17.2 Å². The SMILES string of the molecule is Cc1cc(Br)ccc1OCc1c(C)cccc1[N+](=O)[O-]. The average molecular weight is 336 g/mol. The average Bonchev–Trinajstić information content (AvgIpc) is 2.38. The molecule has 20 heavy (non-hydrogen) atoms. The van der Waals surface area contributed by atoms with E-state index in [4.69, 9.17) is 4.74 Å². The van der Waals surface area contributed by atoms with E-state index in [0.717, 1.165) is 21.3 Å². The zero-order valence-corrected chi connectivity index (χ0v) is 12.8. The summed E-state index contributed by atoms with van der Waals surface area (Å²) in [7, 11) is 0. The molecule has 2 aromatic carbocycles. The molecule has 0 spiro atoms. The predicted octanol–water partition coefficient (Wildman–Crippen LogP) is 4.55. The first-order valence-corrected chi connectivity index (χ1v) is 6.90. The maximum Gasteiger partial charge on any atom is 0.276 e. The number of ether oxygens (including phenoxy) is 1. The van der Waals surface area contributed by atoms with Crippen molar-refractivity contribution in [1.29, 1.82) is 0 Å². The molecule has 0 aliphatic carbocycles. The number of hydrogen-bond donors (Lipinski definition) is 0. The maximum atomic E-state index is 11.0. The van der Waals surface area contributed by atoms with Gasteiger partial charge in [0.05, 0.1) is 10.5 Å². The Morgan fingerprint density at radius 3 is 2.60 bits per heavy atom. The molecular formula is C15H14BrNO3. The third-order valence-corrected chi connectivity index (χ3v) is 3.58. The topological polar surface area (TPSA) is 52.4 Å². The van der Waals surface area contributed by atoms with Gasteiger partial charge in [-0.25, -0.2) is 0 Å². The van der Waals surface area contributed by atoms with Gasteiger partial charge in [-0.05, 0) is 43.2 Å². The van der Waals surface area contributed by atoms with Crippen molar-refractivity contribution in [1.82, 2.24) is 0 Å². The molecule has 0 aromatic heterocycles. The van der Waals surface area contributed by atoms with Crippen LogP contribution >= 0.6 is 15.9 Å². The number of hydrogen-bond acceptors (Lipinski definition) is 3. The van der Waals surface area contributed by atoms with Gasteiger partial charge in [0.25, 0.3) is 5.69 Å². The van der Waals surface area contributed by atoms with Crippen LogP contribution < -0.4 is 4.74 Å². The minimum Gasteiger partial charge on any atom is -0.488 e. The lowest BCUT2D eigenvalue weighted by atomic mass is 10.1. The fourth-order valence-electron chi connectivity index (χ4n) is 1.97. The summed E-state index contributed by atoms with van der Waals surface area (Å²) in [6, 6.07) is 10.7. The van der Waals surface area contributed by atoms with E-state index in [9.17, 15) is 10.1 Å². The van der Waals surface area contributed by atoms with Crippen LogP contribution in [0.2, 0.25) is 0 Å². The Balaban J connectivity index is 2.25. The van der Waals surface area contributed by atoms with Crippen LogP contribution in [0, 0.1) is 24.0 Å². The van der Waals surface area contributed by atoms with E-state index in [0.29, 0.717) is 5.56 Å². The van der Waals surface area contributed by atoms with Crippen molar-refractivity contribution < 1.29 is 9.66 Å². The van der Waals surface area contributed by atoms with Crippen molar-refractivity contribution in [2.45, 2.75) is 20.5 Å². The number of nitro groups is 1. The second kappa shape index (κ2) is 6.05. The maximum absolute atomic E-state index is 11.0. The van der Waals surface area contributed by atoms with E-state index < -0.39 is 0 Å². The summed E-state index contributed by atoms with van der Waals surface area (Å²) < 4.78 is 6.70. The molecule has 2 rings (SSSR count). The quantitative estimate of drug-likeness (QED) is 0.608. The highest BCUT2D eigenvalue weighted by atomic mass is 79.9. The summed E-state index contributed by atoms with van der Waals surface area (Å²) in [6.07, 6.45) is 0. The highest BCUT2D eigenvalue weighted by Crippen LogP contribution is 2.26. The lowest BCUT2D eigenvalue weighted by molar-refractivity contribution is -0.385. The van der Waals surface area contributed by atoms with Gasteiger partial charge in [-0.2, -0.15) is 0 Å². The van der Waals surface area contributed by atoms with Gasteiger partial charge in [0, 0.05) is 10.5 Å². The normalized spacial score (nSPS) is 10.3. The number of nitrogens with zero attached hydrogens (tertiary/aromatic N) is 1.